The van der Waals surface area contributed by atoms with E-state index in [1.165, 1.54) is 16.9 Å². The van der Waals surface area contributed by atoms with Crippen LogP contribution >= 0.6 is 0 Å². The van der Waals surface area contributed by atoms with Gasteiger partial charge in [-0.2, -0.15) is 0 Å². The van der Waals surface area contributed by atoms with Crippen LogP contribution < -0.4 is 10.5 Å². The molecule has 0 saturated heterocycles. The quantitative estimate of drug-likeness (QED) is 0.746. The molecule has 20 heavy (non-hydrogen) atoms. The molecule has 0 saturated carbocycles. The zero-order valence-corrected chi connectivity index (χ0v) is 11.2. The average molecular weight is 292 g/mol. The van der Waals surface area contributed by atoms with Gasteiger partial charge in [0.25, 0.3) is 10.0 Å². The largest absolute Gasteiger partial charge is 0.472 e. The highest BCUT2D eigenvalue weighted by Gasteiger charge is 2.23. The number of nitrogens with two attached hydrogens (primary N) is 1. The number of pyridine rings is 1. The molecular formula is C12H12N4O3S. The van der Waals surface area contributed by atoms with Crippen LogP contribution in [0.15, 0.2) is 52.4 Å². The molecule has 0 unspecified atom stereocenters. The molecule has 0 aliphatic rings. The van der Waals surface area contributed by atoms with Crippen LogP contribution in [0, 0.1) is 0 Å². The third-order valence-electron chi connectivity index (χ3n) is 2.81. The SMILES string of the molecule is Nc1nc2ccccn2c1S(=O)(=O)NCc1ccoc1. The van der Waals surface area contributed by atoms with Gasteiger partial charge in [0, 0.05) is 18.3 Å². The fourth-order valence-electron chi connectivity index (χ4n) is 1.90. The number of nitrogens with zero attached hydrogens (tertiary/aromatic N) is 2. The normalized spacial score (nSPS) is 12.0. The van der Waals surface area contributed by atoms with Crippen molar-refractivity contribution in [2.24, 2.45) is 0 Å². The third kappa shape index (κ3) is 2.15. The number of furan rings is 1. The third-order valence-corrected chi connectivity index (χ3v) is 4.25. The van der Waals surface area contributed by atoms with Gasteiger partial charge in [-0.05, 0) is 18.2 Å². The van der Waals surface area contributed by atoms with Crippen molar-refractivity contribution in [3.05, 3.63) is 48.6 Å². The summed E-state index contributed by atoms with van der Waals surface area (Å²) in [5, 5.41) is -0.0587. The first-order chi connectivity index (χ1) is 9.58. The van der Waals surface area contributed by atoms with E-state index in [2.05, 4.69) is 9.71 Å². The lowest BCUT2D eigenvalue weighted by Gasteiger charge is -2.06. The van der Waals surface area contributed by atoms with Crippen LogP contribution in [0.3, 0.4) is 0 Å². The number of aromatic nitrogens is 2. The molecule has 7 nitrogen and oxygen atoms in total. The lowest BCUT2D eigenvalue weighted by Crippen LogP contribution is -2.25. The van der Waals surface area contributed by atoms with Crippen LogP contribution in [0.2, 0.25) is 0 Å². The lowest BCUT2D eigenvalue weighted by molar-refractivity contribution is 0.560. The van der Waals surface area contributed by atoms with Gasteiger partial charge >= 0.3 is 0 Å². The minimum atomic E-state index is -3.77. The molecule has 0 aromatic carbocycles. The molecule has 8 heteroatoms. The maximum atomic E-state index is 12.3. The standard InChI is InChI=1S/C12H12N4O3S/c13-11-12(16-5-2-1-3-10(16)15-11)20(17,18)14-7-9-4-6-19-8-9/h1-6,8,14H,7,13H2. The van der Waals surface area contributed by atoms with Gasteiger partial charge in [-0.1, -0.05) is 6.07 Å². The predicted octanol–water partition coefficient (Wildman–Crippen LogP) is 0.988. The molecule has 0 aliphatic heterocycles. The highest BCUT2D eigenvalue weighted by atomic mass is 32.2. The summed E-state index contributed by atoms with van der Waals surface area (Å²) in [5.74, 6) is -0.0316. The van der Waals surface area contributed by atoms with Gasteiger partial charge in [0.2, 0.25) is 0 Å². The minimum Gasteiger partial charge on any atom is -0.472 e. The van der Waals surface area contributed by atoms with Gasteiger partial charge in [0.1, 0.15) is 5.65 Å². The molecule has 3 N–H and O–H groups in total. The molecule has 0 amide bonds. The lowest BCUT2D eigenvalue weighted by atomic mass is 10.4. The monoisotopic (exact) mass is 292 g/mol. The second-order valence-electron chi connectivity index (χ2n) is 4.19. The molecule has 0 atom stereocenters. The Kier molecular flexibility index (Phi) is 2.96. The van der Waals surface area contributed by atoms with Crippen LogP contribution in [-0.4, -0.2) is 17.8 Å². The van der Waals surface area contributed by atoms with E-state index in [-0.39, 0.29) is 17.4 Å². The highest BCUT2D eigenvalue weighted by molar-refractivity contribution is 7.89. The molecule has 104 valence electrons. The maximum Gasteiger partial charge on any atom is 0.260 e. The topological polar surface area (TPSA) is 103 Å². The Morgan fingerprint density at radius 1 is 1.35 bits per heavy atom. The molecule has 0 spiro atoms. The summed E-state index contributed by atoms with van der Waals surface area (Å²) >= 11 is 0. The van der Waals surface area contributed by atoms with Gasteiger partial charge in [0.05, 0.1) is 12.5 Å². The van der Waals surface area contributed by atoms with Gasteiger partial charge in [-0.15, -0.1) is 0 Å². The Hall–Kier alpha value is -2.32. The second-order valence-corrected chi connectivity index (χ2v) is 5.87. The minimum absolute atomic E-state index is 0.0316. The second kappa shape index (κ2) is 4.66. The zero-order valence-electron chi connectivity index (χ0n) is 10.4. The van der Waals surface area contributed by atoms with Crippen LogP contribution in [0.25, 0.3) is 5.65 Å². The Bertz CT molecular complexity index is 837. The summed E-state index contributed by atoms with van der Waals surface area (Å²) in [4.78, 5) is 4.03. The van der Waals surface area contributed by atoms with E-state index in [0.29, 0.717) is 5.65 Å². The molecule has 3 rings (SSSR count). The first-order valence-corrected chi connectivity index (χ1v) is 7.29. The van der Waals surface area contributed by atoms with Crippen molar-refractivity contribution in [3.8, 4) is 0 Å². The fraction of sp³-hybridized carbons (Fsp3) is 0.0833. The first-order valence-electron chi connectivity index (χ1n) is 5.81. The van der Waals surface area contributed by atoms with Crippen molar-refractivity contribution in [2.45, 2.75) is 11.6 Å². The van der Waals surface area contributed by atoms with Gasteiger partial charge in [-0.3, -0.25) is 4.40 Å². The molecule has 3 aromatic heterocycles. The molecule has 3 aromatic rings. The molecule has 0 fully saturated rings. The van der Waals surface area contributed by atoms with Gasteiger partial charge in [-0.25, -0.2) is 18.1 Å². The van der Waals surface area contributed by atoms with Crippen LogP contribution in [0.5, 0.6) is 0 Å². The fourth-order valence-corrected chi connectivity index (χ4v) is 3.13. The van der Waals surface area contributed by atoms with E-state index >= 15 is 0 Å². The van der Waals surface area contributed by atoms with E-state index in [1.807, 2.05) is 0 Å². The van der Waals surface area contributed by atoms with E-state index in [1.54, 1.807) is 30.5 Å². The number of nitrogens with one attached hydrogen (secondary N) is 1. The highest BCUT2D eigenvalue weighted by Crippen LogP contribution is 2.19. The van der Waals surface area contributed by atoms with Gasteiger partial charge < -0.3 is 10.2 Å². The van der Waals surface area contributed by atoms with Crippen molar-refractivity contribution in [1.82, 2.24) is 14.1 Å². The van der Waals surface area contributed by atoms with Crippen LogP contribution in [0.1, 0.15) is 5.56 Å². The molecule has 3 heterocycles. The number of rotatable bonds is 4. The summed E-state index contributed by atoms with van der Waals surface area (Å²) in [6, 6.07) is 6.84. The number of fused-ring (bicyclic) bond motifs is 1. The van der Waals surface area contributed by atoms with Crippen LogP contribution in [0.4, 0.5) is 5.82 Å². The zero-order chi connectivity index (χ0) is 14.2. The number of nitrogen functional groups attached to an aromatic ring is 1. The van der Waals surface area contributed by atoms with Crippen LogP contribution in [-0.2, 0) is 16.6 Å². The van der Waals surface area contributed by atoms with Gasteiger partial charge in [0.15, 0.2) is 10.8 Å². The summed E-state index contributed by atoms with van der Waals surface area (Å²) in [5.41, 5.74) is 6.92. The number of hydrogen-bond donors (Lipinski definition) is 2. The van der Waals surface area contributed by atoms with Crippen molar-refractivity contribution >= 4 is 21.5 Å². The Balaban J connectivity index is 1.98. The molecular weight excluding hydrogens is 280 g/mol. The van der Waals surface area contributed by atoms with Crippen molar-refractivity contribution in [3.63, 3.8) is 0 Å². The average Bonchev–Trinajstić information content (AvgIpc) is 3.02. The summed E-state index contributed by atoms with van der Waals surface area (Å²) in [7, 11) is -3.77. The Morgan fingerprint density at radius 2 is 2.20 bits per heavy atom. The van der Waals surface area contributed by atoms with E-state index in [0.717, 1.165) is 5.56 Å². The number of imidazole rings is 1. The molecule has 0 aliphatic carbocycles. The van der Waals surface area contributed by atoms with Crippen molar-refractivity contribution in [1.29, 1.82) is 0 Å². The number of sulfonamides is 1. The predicted molar refractivity (Wildman–Crippen MR) is 72.3 cm³/mol. The number of anilines is 1. The van der Waals surface area contributed by atoms with Crippen molar-refractivity contribution < 1.29 is 12.8 Å². The van der Waals surface area contributed by atoms with E-state index < -0.39 is 10.0 Å². The summed E-state index contributed by atoms with van der Waals surface area (Å²) in [6.45, 7) is 0.123. The van der Waals surface area contributed by atoms with Crippen molar-refractivity contribution in [2.75, 3.05) is 5.73 Å². The Labute approximate surface area is 115 Å². The van der Waals surface area contributed by atoms with E-state index in [4.69, 9.17) is 10.2 Å². The smallest absolute Gasteiger partial charge is 0.260 e. The Morgan fingerprint density at radius 3 is 2.95 bits per heavy atom. The summed E-state index contributed by atoms with van der Waals surface area (Å²) in [6.07, 6.45) is 4.55. The molecule has 0 bridgehead atoms. The van der Waals surface area contributed by atoms with E-state index in [9.17, 15) is 8.42 Å². The first kappa shape index (κ1) is 12.7. The summed E-state index contributed by atoms with van der Waals surface area (Å²) < 4.78 is 33.5. The molecule has 0 radical (unpaired) electrons. The maximum absolute atomic E-state index is 12.3. The number of hydrogen-bond acceptors (Lipinski definition) is 5.